The van der Waals surface area contributed by atoms with Gasteiger partial charge >= 0.3 is 0 Å². The van der Waals surface area contributed by atoms with Crippen LogP contribution in [-0.2, 0) is 14.3 Å². The van der Waals surface area contributed by atoms with E-state index in [4.69, 9.17) is 4.74 Å². The molecule has 6 heteroatoms. The average Bonchev–Trinajstić information content (AvgIpc) is 3.12. The van der Waals surface area contributed by atoms with E-state index in [0.29, 0.717) is 5.69 Å². The van der Waals surface area contributed by atoms with E-state index in [2.05, 4.69) is 15.9 Å². The molecule has 2 bridgehead atoms. The number of amides is 2. The summed E-state index contributed by atoms with van der Waals surface area (Å²) in [6, 6.07) is 7.02. The van der Waals surface area contributed by atoms with Crippen LogP contribution in [0.3, 0.4) is 0 Å². The van der Waals surface area contributed by atoms with Crippen molar-refractivity contribution < 1.29 is 19.4 Å². The van der Waals surface area contributed by atoms with Crippen molar-refractivity contribution >= 4 is 33.4 Å². The van der Waals surface area contributed by atoms with Gasteiger partial charge in [0.05, 0.1) is 30.2 Å². The fourth-order valence-electron chi connectivity index (χ4n) is 3.53. The SMILES string of the molecule is O=C1C2C3C=CC(CO)(O3)C2C(=O)N1c1ccc(Br)cc1. The van der Waals surface area contributed by atoms with E-state index in [1.165, 1.54) is 4.90 Å². The number of ether oxygens (including phenoxy) is 1. The van der Waals surface area contributed by atoms with Gasteiger partial charge in [-0.1, -0.05) is 28.1 Å². The number of aliphatic hydroxyl groups is 1. The van der Waals surface area contributed by atoms with Crippen LogP contribution in [0.4, 0.5) is 5.69 Å². The van der Waals surface area contributed by atoms with Gasteiger partial charge in [0.15, 0.2) is 0 Å². The molecule has 0 saturated carbocycles. The molecule has 0 spiro atoms. The third kappa shape index (κ3) is 1.58. The quantitative estimate of drug-likeness (QED) is 0.644. The van der Waals surface area contributed by atoms with Gasteiger partial charge < -0.3 is 9.84 Å². The van der Waals surface area contributed by atoms with Gasteiger partial charge in [-0.3, -0.25) is 9.59 Å². The summed E-state index contributed by atoms with van der Waals surface area (Å²) in [5, 5.41) is 9.62. The number of benzene rings is 1. The number of nitrogens with zero attached hydrogens (tertiary/aromatic N) is 1. The van der Waals surface area contributed by atoms with E-state index in [0.717, 1.165) is 4.47 Å². The van der Waals surface area contributed by atoms with Crippen molar-refractivity contribution in [3.63, 3.8) is 0 Å². The summed E-state index contributed by atoms with van der Waals surface area (Å²) in [5.41, 5.74) is -0.485. The van der Waals surface area contributed by atoms with Crippen LogP contribution >= 0.6 is 15.9 Å². The minimum atomic E-state index is -1.04. The van der Waals surface area contributed by atoms with E-state index in [-0.39, 0.29) is 18.4 Å². The van der Waals surface area contributed by atoms with Crippen LogP contribution in [0.1, 0.15) is 0 Å². The Balaban J connectivity index is 1.77. The molecule has 3 aliphatic heterocycles. The number of carbonyl (C=O) groups is 2. The molecule has 0 aliphatic carbocycles. The molecule has 2 saturated heterocycles. The molecule has 1 aromatic carbocycles. The summed E-state index contributed by atoms with van der Waals surface area (Å²) in [6.07, 6.45) is 3.07. The van der Waals surface area contributed by atoms with Crippen molar-refractivity contribution in [3.8, 4) is 0 Å². The topological polar surface area (TPSA) is 66.8 Å². The Bertz CT molecular complexity index is 671. The first-order valence-electron chi connectivity index (χ1n) is 6.69. The number of anilines is 1. The standard InChI is InChI=1S/C15H12BrNO4/c16-8-1-3-9(4-2-8)17-13(19)11-10-5-6-15(7-18,21-10)12(11)14(17)20/h1-6,10-12,18H,7H2. The van der Waals surface area contributed by atoms with E-state index in [1.54, 1.807) is 36.4 Å². The van der Waals surface area contributed by atoms with Gasteiger partial charge in [-0.15, -0.1) is 0 Å². The van der Waals surface area contributed by atoms with Crippen LogP contribution in [0.5, 0.6) is 0 Å². The summed E-state index contributed by atoms with van der Waals surface area (Å²) in [7, 11) is 0. The largest absolute Gasteiger partial charge is 0.393 e. The summed E-state index contributed by atoms with van der Waals surface area (Å²) < 4.78 is 6.56. The highest BCUT2D eigenvalue weighted by Crippen LogP contribution is 2.52. The lowest BCUT2D eigenvalue weighted by Gasteiger charge is -2.26. The highest BCUT2D eigenvalue weighted by molar-refractivity contribution is 9.10. The van der Waals surface area contributed by atoms with Crippen LogP contribution < -0.4 is 4.90 Å². The molecule has 0 aromatic heterocycles. The van der Waals surface area contributed by atoms with Gasteiger partial charge in [0.2, 0.25) is 11.8 Å². The van der Waals surface area contributed by atoms with Gasteiger partial charge in [0.1, 0.15) is 5.60 Å². The van der Waals surface area contributed by atoms with Crippen molar-refractivity contribution in [2.75, 3.05) is 11.5 Å². The highest BCUT2D eigenvalue weighted by Gasteiger charge is 2.67. The van der Waals surface area contributed by atoms with Gasteiger partial charge in [-0.2, -0.15) is 0 Å². The summed E-state index contributed by atoms with van der Waals surface area (Å²) in [4.78, 5) is 26.6. The monoisotopic (exact) mass is 349 g/mol. The predicted molar refractivity (Wildman–Crippen MR) is 77.4 cm³/mol. The molecular formula is C15H12BrNO4. The third-order valence-corrected chi connectivity index (χ3v) is 5.02. The summed E-state index contributed by atoms with van der Waals surface area (Å²) >= 11 is 3.33. The molecule has 0 radical (unpaired) electrons. The number of fused-ring (bicyclic) bond motifs is 5. The second-order valence-electron chi connectivity index (χ2n) is 5.55. The Hall–Kier alpha value is -1.50. The van der Waals surface area contributed by atoms with Gasteiger partial charge in [-0.25, -0.2) is 4.90 Å². The second-order valence-corrected chi connectivity index (χ2v) is 6.46. The zero-order valence-corrected chi connectivity index (χ0v) is 12.5. The molecule has 3 aliphatic rings. The molecule has 1 aromatic rings. The molecule has 1 N–H and O–H groups in total. The van der Waals surface area contributed by atoms with Gasteiger partial charge in [0, 0.05) is 4.47 Å². The number of hydrogen-bond acceptors (Lipinski definition) is 4. The van der Waals surface area contributed by atoms with Crippen molar-refractivity contribution in [1.82, 2.24) is 0 Å². The Labute approximate surface area is 129 Å². The Morgan fingerprint density at radius 2 is 1.95 bits per heavy atom. The number of aliphatic hydroxyl groups excluding tert-OH is 1. The van der Waals surface area contributed by atoms with Crippen molar-refractivity contribution in [2.45, 2.75) is 11.7 Å². The average molecular weight is 350 g/mol. The van der Waals surface area contributed by atoms with Crippen LogP contribution in [0.2, 0.25) is 0 Å². The highest BCUT2D eigenvalue weighted by atomic mass is 79.9. The van der Waals surface area contributed by atoms with Crippen molar-refractivity contribution in [1.29, 1.82) is 0 Å². The van der Waals surface area contributed by atoms with Crippen LogP contribution in [0.15, 0.2) is 40.9 Å². The maximum atomic E-state index is 12.7. The molecule has 2 amide bonds. The van der Waals surface area contributed by atoms with Crippen LogP contribution in [0.25, 0.3) is 0 Å². The predicted octanol–water partition coefficient (Wildman–Crippen LogP) is 1.25. The molecule has 2 fully saturated rings. The fourth-order valence-corrected chi connectivity index (χ4v) is 3.79. The Morgan fingerprint density at radius 3 is 2.62 bits per heavy atom. The normalized spacial score (nSPS) is 36.7. The molecule has 108 valence electrons. The minimum absolute atomic E-state index is 0.253. The third-order valence-electron chi connectivity index (χ3n) is 4.49. The second kappa shape index (κ2) is 4.25. The van der Waals surface area contributed by atoms with E-state index in [1.807, 2.05) is 0 Å². The van der Waals surface area contributed by atoms with E-state index >= 15 is 0 Å². The Kier molecular flexibility index (Phi) is 2.67. The first-order valence-corrected chi connectivity index (χ1v) is 7.48. The molecular weight excluding hydrogens is 338 g/mol. The summed E-state index contributed by atoms with van der Waals surface area (Å²) in [5.74, 6) is -1.71. The van der Waals surface area contributed by atoms with Crippen molar-refractivity contribution in [3.05, 3.63) is 40.9 Å². The molecule has 21 heavy (non-hydrogen) atoms. The smallest absolute Gasteiger partial charge is 0.241 e. The molecule has 4 atom stereocenters. The zero-order chi connectivity index (χ0) is 14.8. The lowest BCUT2D eigenvalue weighted by molar-refractivity contribution is -0.128. The van der Waals surface area contributed by atoms with Crippen LogP contribution in [-0.4, -0.2) is 35.2 Å². The molecule has 3 heterocycles. The maximum absolute atomic E-state index is 12.7. The lowest BCUT2D eigenvalue weighted by Crippen LogP contribution is -2.43. The molecule has 5 nitrogen and oxygen atoms in total. The number of rotatable bonds is 2. The van der Waals surface area contributed by atoms with Crippen molar-refractivity contribution in [2.24, 2.45) is 11.8 Å². The first kappa shape index (κ1) is 13.2. The molecule has 4 rings (SSSR count). The number of hydrogen-bond donors (Lipinski definition) is 1. The van der Waals surface area contributed by atoms with Gasteiger partial charge in [0.25, 0.3) is 0 Å². The van der Waals surface area contributed by atoms with Gasteiger partial charge in [-0.05, 0) is 24.3 Å². The van der Waals surface area contributed by atoms with E-state index < -0.39 is 23.5 Å². The molecule has 4 unspecified atom stereocenters. The fraction of sp³-hybridized carbons (Fsp3) is 0.333. The number of imide groups is 1. The number of halogens is 1. The Morgan fingerprint density at radius 1 is 1.24 bits per heavy atom. The summed E-state index contributed by atoms with van der Waals surface area (Å²) in [6.45, 7) is -0.297. The minimum Gasteiger partial charge on any atom is -0.393 e. The van der Waals surface area contributed by atoms with Crippen LogP contribution in [0, 0.1) is 11.8 Å². The zero-order valence-electron chi connectivity index (χ0n) is 10.9. The van der Waals surface area contributed by atoms with E-state index in [9.17, 15) is 14.7 Å². The number of carbonyl (C=O) groups excluding carboxylic acids is 2. The lowest BCUT2D eigenvalue weighted by atomic mass is 9.77. The maximum Gasteiger partial charge on any atom is 0.241 e. The first-order chi connectivity index (χ1) is 10.1.